The van der Waals surface area contributed by atoms with Crippen molar-refractivity contribution >= 4 is 11.8 Å². The van der Waals surface area contributed by atoms with Gasteiger partial charge in [-0.3, -0.25) is 0 Å². The van der Waals surface area contributed by atoms with Crippen molar-refractivity contribution in [1.29, 1.82) is 0 Å². The number of hydrogen-bond acceptors (Lipinski definition) is 3. The highest BCUT2D eigenvalue weighted by Crippen LogP contribution is 2.00. The average Bonchev–Trinajstić information content (AvgIpc) is 1.97. The molecule has 11 heavy (non-hydrogen) atoms. The summed E-state index contributed by atoms with van der Waals surface area (Å²) in [5.41, 5.74) is 0. The smallest absolute Gasteiger partial charge is 0.0636 e. The van der Waals surface area contributed by atoms with Gasteiger partial charge in [-0.1, -0.05) is 6.92 Å². The van der Waals surface area contributed by atoms with Crippen LogP contribution in [0.15, 0.2) is 0 Å². The normalized spacial score (nSPS) is 16.4. The van der Waals surface area contributed by atoms with Crippen LogP contribution in [0.25, 0.3) is 0 Å². The first-order valence-electron chi connectivity index (χ1n) is 4.11. The molecule has 0 bridgehead atoms. The zero-order valence-corrected chi connectivity index (χ0v) is 8.45. The third-order valence-corrected chi connectivity index (χ3v) is 2.30. The number of aliphatic hydroxyl groups excluding tert-OH is 1. The Balaban J connectivity index is 3.35. The molecule has 0 amide bonds. The van der Waals surface area contributed by atoms with Crippen LogP contribution in [0.2, 0.25) is 0 Å². The third-order valence-electron chi connectivity index (χ3n) is 1.56. The molecule has 0 heterocycles. The molecule has 0 saturated heterocycles. The van der Waals surface area contributed by atoms with Crippen molar-refractivity contribution in [3.8, 4) is 0 Å². The minimum Gasteiger partial charge on any atom is -0.392 e. The first-order chi connectivity index (χ1) is 5.20. The highest BCUT2D eigenvalue weighted by atomic mass is 32.2. The lowest BCUT2D eigenvalue weighted by Gasteiger charge is -2.16. The van der Waals surface area contributed by atoms with Gasteiger partial charge in [-0.2, -0.15) is 11.8 Å². The Morgan fingerprint density at radius 2 is 2.18 bits per heavy atom. The zero-order valence-electron chi connectivity index (χ0n) is 7.63. The van der Waals surface area contributed by atoms with E-state index in [1.807, 2.05) is 11.8 Å². The minimum absolute atomic E-state index is 0.231. The maximum atomic E-state index is 9.00. The standard InChI is InChI=1S/C8H19NOS/c1-4-8(6-11-3)9-5-7(2)10/h7-10H,4-6H2,1-3H3/t7-,8?/m0/s1. The highest BCUT2D eigenvalue weighted by molar-refractivity contribution is 7.98. The summed E-state index contributed by atoms with van der Waals surface area (Å²) < 4.78 is 0. The SMILES string of the molecule is CCC(CSC)NC[C@H](C)O. The lowest BCUT2D eigenvalue weighted by atomic mass is 10.2. The van der Waals surface area contributed by atoms with E-state index < -0.39 is 0 Å². The van der Waals surface area contributed by atoms with Crippen LogP contribution in [0.4, 0.5) is 0 Å². The fourth-order valence-corrected chi connectivity index (χ4v) is 1.62. The molecule has 0 aromatic rings. The van der Waals surface area contributed by atoms with E-state index in [0.717, 1.165) is 12.2 Å². The summed E-state index contributed by atoms with van der Waals surface area (Å²) in [6.45, 7) is 4.67. The largest absolute Gasteiger partial charge is 0.392 e. The molecule has 1 unspecified atom stereocenters. The van der Waals surface area contributed by atoms with Crippen molar-refractivity contribution in [2.24, 2.45) is 0 Å². The number of thioether (sulfide) groups is 1. The van der Waals surface area contributed by atoms with Crippen molar-refractivity contribution in [2.45, 2.75) is 32.4 Å². The van der Waals surface area contributed by atoms with Gasteiger partial charge in [0.05, 0.1) is 6.10 Å². The summed E-state index contributed by atoms with van der Waals surface area (Å²) >= 11 is 1.84. The Morgan fingerprint density at radius 1 is 1.55 bits per heavy atom. The van der Waals surface area contributed by atoms with Gasteiger partial charge >= 0.3 is 0 Å². The van der Waals surface area contributed by atoms with Gasteiger partial charge in [0, 0.05) is 18.3 Å². The fourth-order valence-electron chi connectivity index (χ4n) is 0.860. The quantitative estimate of drug-likeness (QED) is 0.637. The second-order valence-electron chi connectivity index (χ2n) is 2.82. The van der Waals surface area contributed by atoms with Gasteiger partial charge in [-0.05, 0) is 19.6 Å². The van der Waals surface area contributed by atoms with E-state index >= 15 is 0 Å². The van der Waals surface area contributed by atoms with Crippen molar-refractivity contribution in [3.63, 3.8) is 0 Å². The van der Waals surface area contributed by atoms with Gasteiger partial charge in [0.15, 0.2) is 0 Å². The van der Waals surface area contributed by atoms with Gasteiger partial charge in [-0.15, -0.1) is 0 Å². The molecular weight excluding hydrogens is 158 g/mol. The lowest BCUT2D eigenvalue weighted by molar-refractivity contribution is 0.187. The Kier molecular flexibility index (Phi) is 7.12. The second-order valence-corrected chi connectivity index (χ2v) is 3.73. The molecule has 0 rings (SSSR count). The molecular formula is C8H19NOS. The van der Waals surface area contributed by atoms with Gasteiger partial charge in [0.25, 0.3) is 0 Å². The number of nitrogens with one attached hydrogen (secondary N) is 1. The maximum absolute atomic E-state index is 9.00. The molecule has 0 radical (unpaired) electrons. The molecule has 68 valence electrons. The zero-order chi connectivity index (χ0) is 8.69. The Hall–Kier alpha value is 0.270. The van der Waals surface area contributed by atoms with E-state index in [0.29, 0.717) is 12.6 Å². The molecule has 0 aliphatic rings. The summed E-state index contributed by atoms with van der Waals surface area (Å²) in [4.78, 5) is 0. The van der Waals surface area contributed by atoms with Gasteiger partial charge in [-0.25, -0.2) is 0 Å². The fraction of sp³-hybridized carbons (Fsp3) is 1.00. The maximum Gasteiger partial charge on any atom is 0.0636 e. The van der Waals surface area contributed by atoms with E-state index in [4.69, 9.17) is 5.11 Å². The van der Waals surface area contributed by atoms with Crippen LogP contribution in [0.5, 0.6) is 0 Å². The molecule has 2 atom stereocenters. The van der Waals surface area contributed by atoms with Crippen molar-refractivity contribution in [3.05, 3.63) is 0 Å². The molecule has 0 fully saturated rings. The summed E-state index contributed by atoms with van der Waals surface area (Å²) in [6, 6.07) is 0.555. The topological polar surface area (TPSA) is 32.3 Å². The van der Waals surface area contributed by atoms with Crippen molar-refractivity contribution in [1.82, 2.24) is 5.32 Å². The summed E-state index contributed by atoms with van der Waals surface area (Å²) in [7, 11) is 0. The monoisotopic (exact) mass is 177 g/mol. The third kappa shape index (κ3) is 6.66. The summed E-state index contributed by atoms with van der Waals surface area (Å²) in [5, 5.41) is 12.3. The van der Waals surface area contributed by atoms with Crippen LogP contribution in [0, 0.1) is 0 Å². The van der Waals surface area contributed by atoms with Gasteiger partial charge in [0.2, 0.25) is 0 Å². The van der Waals surface area contributed by atoms with Crippen LogP contribution in [0.3, 0.4) is 0 Å². The van der Waals surface area contributed by atoms with E-state index in [1.165, 1.54) is 0 Å². The Morgan fingerprint density at radius 3 is 2.55 bits per heavy atom. The Bertz CT molecular complexity index is 88.2. The van der Waals surface area contributed by atoms with E-state index in [-0.39, 0.29) is 6.10 Å². The van der Waals surface area contributed by atoms with E-state index in [2.05, 4.69) is 18.5 Å². The second kappa shape index (κ2) is 6.95. The minimum atomic E-state index is -0.231. The predicted octanol–water partition coefficient (Wildman–Crippen LogP) is 1.10. The first kappa shape index (κ1) is 11.3. The first-order valence-corrected chi connectivity index (χ1v) is 5.50. The molecule has 0 saturated carbocycles. The van der Waals surface area contributed by atoms with Crippen LogP contribution in [-0.4, -0.2) is 35.8 Å². The van der Waals surface area contributed by atoms with Gasteiger partial charge < -0.3 is 10.4 Å². The molecule has 0 aliphatic heterocycles. The molecule has 0 spiro atoms. The van der Waals surface area contributed by atoms with Crippen molar-refractivity contribution in [2.75, 3.05) is 18.6 Å². The lowest BCUT2D eigenvalue weighted by Crippen LogP contribution is -2.35. The highest BCUT2D eigenvalue weighted by Gasteiger charge is 2.04. The molecule has 0 aromatic heterocycles. The van der Waals surface area contributed by atoms with E-state index in [9.17, 15) is 0 Å². The van der Waals surface area contributed by atoms with Crippen LogP contribution >= 0.6 is 11.8 Å². The molecule has 2 N–H and O–H groups in total. The number of hydrogen-bond donors (Lipinski definition) is 2. The van der Waals surface area contributed by atoms with Crippen LogP contribution in [0.1, 0.15) is 20.3 Å². The van der Waals surface area contributed by atoms with Crippen LogP contribution in [-0.2, 0) is 0 Å². The van der Waals surface area contributed by atoms with Crippen LogP contribution < -0.4 is 5.32 Å². The van der Waals surface area contributed by atoms with E-state index in [1.54, 1.807) is 6.92 Å². The Labute approximate surface area is 73.8 Å². The van der Waals surface area contributed by atoms with Crippen molar-refractivity contribution < 1.29 is 5.11 Å². The summed E-state index contributed by atoms with van der Waals surface area (Å²) in [6.07, 6.45) is 3.01. The molecule has 2 nitrogen and oxygen atoms in total. The van der Waals surface area contributed by atoms with Gasteiger partial charge in [0.1, 0.15) is 0 Å². The molecule has 0 aliphatic carbocycles. The number of rotatable bonds is 6. The molecule has 0 aromatic carbocycles. The predicted molar refractivity (Wildman–Crippen MR) is 52.1 cm³/mol. The number of aliphatic hydroxyl groups is 1. The average molecular weight is 177 g/mol. The summed E-state index contributed by atoms with van der Waals surface area (Å²) in [5.74, 6) is 1.13. The molecule has 3 heteroatoms.